The van der Waals surface area contributed by atoms with Crippen LogP contribution < -0.4 is 15.5 Å². The van der Waals surface area contributed by atoms with Crippen LogP contribution >= 0.6 is 0 Å². The molecule has 1 atom stereocenters. The summed E-state index contributed by atoms with van der Waals surface area (Å²) in [6.45, 7) is 9.91. The van der Waals surface area contributed by atoms with Gasteiger partial charge in [-0.3, -0.25) is 9.69 Å². The number of benzene rings is 3. The van der Waals surface area contributed by atoms with Crippen LogP contribution in [0.5, 0.6) is 0 Å². The lowest BCUT2D eigenvalue weighted by molar-refractivity contribution is -0.139. The second-order valence-electron chi connectivity index (χ2n) is 11.9. The number of aliphatic carboxylic acids is 1. The van der Waals surface area contributed by atoms with E-state index in [2.05, 4.69) is 62.6 Å². The van der Waals surface area contributed by atoms with Crippen LogP contribution in [0.1, 0.15) is 76.5 Å². The van der Waals surface area contributed by atoms with Crippen molar-refractivity contribution >= 4 is 17.7 Å². The average Bonchev–Trinajstić information content (AvgIpc) is 2.96. The number of unbranched alkanes of at least 4 members (excludes halogenated alkanes) is 4. The van der Waals surface area contributed by atoms with Gasteiger partial charge >= 0.3 is 12.0 Å². The van der Waals surface area contributed by atoms with E-state index in [-0.39, 0.29) is 11.4 Å². The van der Waals surface area contributed by atoms with Crippen molar-refractivity contribution in [3.63, 3.8) is 0 Å². The van der Waals surface area contributed by atoms with E-state index >= 15 is 0 Å². The van der Waals surface area contributed by atoms with Gasteiger partial charge in [0, 0.05) is 25.8 Å². The van der Waals surface area contributed by atoms with E-state index in [0.717, 1.165) is 40.8 Å². The van der Waals surface area contributed by atoms with Gasteiger partial charge in [-0.15, -0.1) is 0 Å². The van der Waals surface area contributed by atoms with E-state index in [1.807, 2.05) is 48.5 Å². The van der Waals surface area contributed by atoms with Gasteiger partial charge in [-0.1, -0.05) is 114 Å². The third-order valence-electron chi connectivity index (χ3n) is 7.49. The van der Waals surface area contributed by atoms with Crippen LogP contribution in [0, 0.1) is 0 Å². The number of nitrogens with zero attached hydrogens (tertiary/aromatic N) is 1. The van der Waals surface area contributed by atoms with Gasteiger partial charge in [0.25, 0.3) is 0 Å². The normalized spacial score (nSPS) is 12.1. The Hall–Kier alpha value is -3.64. The Kier molecular flexibility index (Phi) is 12.0. The van der Waals surface area contributed by atoms with Crippen molar-refractivity contribution in [3.8, 4) is 11.1 Å². The van der Waals surface area contributed by atoms with Gasteiger partial charge in [0.15, 0.2) is 0 Å². The van der Waals surface area contributed by atoms with Crippen LogP contribution in [0.4, 0.5) is 10.5 Å². The summed E-state index contributed by atoms with van der Waals surface area (Å²) in [5, 5.41) is 16.0. The molecule has 6 nitrogen and oxygen atoms in total. The van der Waals surface area contributed by atoms with Crippen LogP contribution in [-0.4, -0.2) is 36.7 Å². The number of carboxylic acids is 1. The summed E-state index contributed by atoms with van der Waals surface area (Å²) in [4.78, 5) is 26.3. The average molecular weight is 558 g/mol. The summed E-state index contributed by atoms with van der Waals surface area (Å²) >= 11 is 0. The van der Waals surface area contributed by atoms with Gasteiger partial charge < -0.3 is 15.7 Å². The minimum Gasteiger partial charge on any atom is -0.480 e. The third kappa shape index (κ3) is 10.0. The molecule has 0 spiro atoms. The number of rotatable bonds is 14. The fourth-order valence-electron chi connectivity index (χ4n) is 4.73. The maximum absolute atomic E-state index is 12.6. The Balaban J connectivity index is 1.57. The van der Waals surface area contributed by atoms with Crippen LogP contribution in [0.2, 0.25) is 0 Å². The molecule has 2 amide bonds. The highest BCUT2D eigenvalue weighted by Crippen LogP contribution is 2.25. The summed E-state index contributed by atoms with van der Waals surface area (Å²) in [6.07, 6.45) is 6.18. The Morgan fingerprint density at radius 1 is 0.854 bits per heavy atom. The van der Waals surface area contributed by atoms with E-state index in [1.165, 1.54) is 24.8 Å². The molecule has 3 rings (SSSR count). The first-order chi connectivity index (χ1) is 19.6. The van der Waals surface area contributed by atoms with Gasteiger partial charge in [0.05, 0.1) is 0 Å². The number of urea groups is 1. The zero-order valence-corrected chi connectivity index (χ0v) is 25.4. The minimum absolute atomic E-state index is 0.0842. The minimum atomic E-state index is -0.865. The van der Waals surface area contributed by atoms with Gasteiger partial charge in [-0.05, 0) is 58.2 Å². The standard InChI is InChI=1S/C35H47N3O3/c1-6-7-8-9-10-22-36-34(41)38(5)31-13-11-12-29(24-31)28-18-14-26(15-19-28)23-32(33(39)40)37-25-27-16-20-30(21-17-27)35(2,3)4/h11-21,24,32,37H,6-10,22-23,25H2,1-5H3,(H,36,41)(H,39,40). The Morgan fingerprint density at radius 2 is 1.51 bits per heavy atom. The number of amides is 2. The van der Waals surface area contributed by atoms with Gasteiger partial charge in [-0.25, -0.2) is 4.79 Å². The monoisotopic (exact) mass is 557 g/mol. The molecule has 0 bridgehead atoms. The number of nitrogens with one attached hydrogen (secondary N) is 2. The molecule has 0 aliphatic rings. The molecule has 0 aliphatic heterocycles. The maximum Gasteiger partial charge on any atom is 0.321 e. The largest absolute Gasteiger partial charge is 0.480 e. The second kappa shape index (κ2) is 15.4. The molecule has 0 saturated carbocycles. The quantitative estimate of drug-likeness (QED) is 0.179. The Labute approximate surface area is 246 Å². The van der Waals surface area contributed by atoms with Crippen molar-refractivity contribution in [1.82, 2.24) is 10.6 Å². The molecular formula is C35H47N3O3. The predicted molar refractivity (Wildman–Crippen MR) is 170 cm³/mol. The van der Waals surface area contributed by atoms with E-state index in [4.69, 9.17) is 0 Å². The number of carbonyl (C=O) groups excluding carboxylic acids is 1. The van der Waals surface area contributed by atoms with Gasteiger partial charge in [0.1, 0.15) is 6.04 Å². The van der Waals surface area contributed by atoms with Gasteiger partial charge in [-0.2, -0.15) is 0 Å². The fourth-order valence-corrected chi connectivity index (χ4v) is 4.73. The summed E-state index contributed by atoms with van der Waals surface area (Å²) in [5.74, 6) is -0.865. The molecule has 0 fully saturated rings. The second-order valence-corrected chi connectivity index (χ2v) is 11.9. The van der Waals surface area contributed by atoms with Crippen LogP contribution in [0.3, 0.4) is 0 Å². The van der Waals surface area contributed by atoms with E-state index in [0.29, 0.717) is 19.5 Å². The molecule has 220 valence electrons. The summed E-state index contributed by atoms with van der Waals surface area (Å²) in [5.41, 5.74) is 6.18. The topological polar surface area (TPSA) is 81.7 Å². The number of carbonyl (C=O) groups is 2. The molecule has 0 radical (unpaired) electrons. The van der Waals surface area contributed by atoms with Crippen LogP contribution in [0.25, 0.3) is 11.1 Å². The Bertz CT molecular complexity index is 1250. The van der Waals surface area contributed by atoms with Crippen molar-refractivity contribution in [2.24, 2.45) is 0 Å². The SMILES string of the molecule is CCCCCCCNC(=O)N(C)c1cccc(-c2ccc(CC(NCc3ccc(C(C)(C)C)cc3)C(=O)O)cc2)c1. The third-order valence-corrected chi connectivity index (χ3v) is 7.49. The first-order valence-corrected chi connectivity index (χ1v) is 14.8. The molecule has 0 heterocycles. The van der Waals surface area contributed by atoms with Crippen molar-refractivity contribution in [2.75, 3.05) is 18.5 Å². The maximum atomic E-state index is 12.6. The predicted octanol–water partition coefficient (Wildman–Crippen LogP) is 7.55. The molecule has 0 saturated heterocycles. The first kappa shape index (κ1) is 31.9. The molecule has 0 aliphatic carbocycles. The van der Waals surface area contributed by atoms with Gasteiger partial charge in [0.2, 0.25) is 0 Å². The number of hydrogen-bond donors (Lipinski definition) is 3. The van der Waals surface area contributed by atoms with Crippen LogP contribution in [-0.2, 0) is 23.2 Å². The van der Waals surface area contributed by atoms with Crippen molar-refractivity contribution < 1.29 is 14.7 Å². The smallest absolute Gasteiger partial charge is 0.321 e. The molecule has 6 heteroatoms. The molecule has 1 unspecified atom stereocenters. The molecule has 3 N–H and O–H groups in total. The summed E-state index contributed by atoms with van der Waals surface area (Å²) in [6, 6.07) is 23.4. The zero-order valence-electron chi connectivity index (χ0n) is 25.4. The molecule has 3 aromatic rings. The zero-order chi connectivity index (χ0) is 29.8. The lowest BCUT2D eigenvalue weighted by Gasteiger charge is -2.20. The molecule has 3 aromatic carbocycles. The molecule has 0 aromatic heterocycles. The fraction of sp³-hybridized carbons (Fsp3) is 0.429. The first-order valence-electron chi connectivity index (χ1n) is 14.8. The van der Waals surface area contributed by atoms with Crippen LogP contribution in [0.15, 0.2) is 72.8 Å². The number of hydrogen-bond acceptors (Lipinski definition) is 3. The van der Waals surface area contributed by atoms with Crippen molar-refractivity contribution in [1.29, 1.82) is 0 Å². The lowest BCUT2D eigenvalue weighted by atomic mass is 9.87. The Morgan fingerprint density at radius 3 is 2.15 bits per heavy atom. The molecule has 41 heavy (non-hydrogen) atoms. The van der Waals surface area contributed by atoms with Crippen molar-refractivity contribution in [2.45, 2.75) is 84.2 Å². The molecular weight excluding hydrogens is 510 g/mol. The highest BCUT2D eigenvalue weighted by atomic mass is 16.4. The number of carboxylic acid groups (broad SMARTS) is 1. The van der Waals surface area contributed by atoms with E-state index in [9.17, 15) is 14.7 Å². The number of anilines is 1. The lowest BCUT2D eigenvalue weighted by Crippen LogP contribution is -2.38. The van der Waals surface area contributed by atoms with Crippen molar-refractivity contribution in [3.05, 3.63) is 89.5 Å². The highest BCUT2D eigenvalue weighted by Gasteiger charge is 2.18. The van der Waals surface area contributed by atoms with E-state index < -0.39 is 12.0 Å². The summed E-state index contributed by atoms with van der Waals surface area (Å²) < 4.78 is 0. The highest BCUT2D eigenvalue weighted by molar-refractivity contribution is 5.92. The van der Waals surface area contributed by atoms with E-state index in [1.54, 1.807) is 11.9 Å². The summed E-state index contributed by atoms with van der Waals surface area (Å²) in [7, 11) is 1.78.